The van der Waals surface area contributed by atoms with E-state index in [1.165, 1.54) is 0 Å². The summed E-state index contributed by atoms with van der Waals surface area (Å²) in [7, 11) is 3.51. The molecular formula is C15H15NO. The maximum atomic E-state index is 11.7. The van der Waals surface area contributed by atoms with Crippen molar-refractivity contribution in [3.05, 3.63) is 60.2 Å². The maximum absolute atomic E-state index is 11.7. The van der Waals surface area contributed by atoms with E-state index in [9.17, 15) is 4.79 Å². The number of hydrogen-bond donors (Lipinski definition) is 0. The van der Waals surface area contributed by atoms with Crippen LogP contribution in [0.3, 0.4) is 0 Å². The zero-order valence-electron chi connectivity index (χ0n) is 10.1. The smallest absolute Gasteiger partial charge is 0.253 e. The Labute approximate surface area is 102 Å². The van der Waals surface area contributed by atoms with Crippen LogP contribution < -0.4 is 0 Å². The lowest BCUT2D eigenvalue weighted by Crippen LogP contribution is -2.21. The van der Waals surface area contributed by atoms with Gasteiger partial charge in [0.15, 0.2) is 0 Å². The van der Waals surface area contributed by atoms with Crippen molar-refractivity contribution in [3.8, 4) is 11.1 Å². The molecule has 0 aliphatic rings. The predicted octanol–water partition coefficient (Wildman–Crippen LogP) is 3.06. The van der Waals surface area contributed by atoms with E-state index in [1.807, 2.05) is 42.5 Å². The first-order valence-corrected chi connectivity index (χ1v) is 5.55. The summed E-state index contributed by atoms with van der Waals surface area (Å²) in [6.45, 7) is 0. The summed E-state index contributed by atoms with van der Waals surface area (Å²) in [5.41, 5.74) is 3.01. The molecule has 1 amide bonds. The topological polar surface area (TPSA) is 20.3 Å². The van der Waals surface area contributed by atoms with Gasteiger partial charge in [-0.05, 0) is 23.3 Å². The summed E-state index contributed by atoms with van der Waals surface area (Å²) in [5, 5.41) is 0. The summed E-state index contributed by atoms with van der Waals surface area (Å²) in [6, 6.07) is 17.8. The molecule has 86 valence electrons. The van der Waals surface area contributed by atoms with Gasteiger partial charge in [-0.3, -0.25) is 4.79 Å². The van der Waals surface area contributed by atoms with Gasteiger partial charge in [-0.25, -0.2) is 0 Å². The molecule has 0 bridgehead atoms. The lowest BCUT2D eigenvalue weighted by molar-refractivity contribution is 0.0827. The standard InChI is InChI=1S/C15H15NO/c1-16(2)15(17)14-10-8-13(9-11-14)12-6-4-3-5-7-12/h3-11H,1-2H3. The Kier molecular flexibility index (Phi) is 3.24. The second-order valence-electron chi connectivity index (χ2n) is 4.14. The van der Waals surface area contributed by atoms with Gasteiger partial charge in [0.05, 0.1) is 0 Å². The Morgan fingerprint density at radius 1 is 0.824 bits per heavy atom. The molecule has 0 unspecified atom stereocenters. The third-order valence-electron chi connectivity index (χ3n) is 2.65. The first kappa shape index (κ1) is 11.4. The number of rotatable bonds is 2. The summed E-state index contributed by atoms with van der Waals surface area (Å²) in [5.74, 6) is 0.0320. The molecule has 0 saturated heterocycles. The van der Waals surface area contributed by atoms with Crippen molar-refractivity contribution < 1.29 is 4.79 Å². The Bertz CT molecular complexity index is 500. The van der Waals surface area contributed by atoms with Crippen LogP contribution in [0.1, 0.15) is 10.4 Å². The molecule has 0 saturated carbocycles. The van der Waals surface area contributed by atoms with Crippen LogP contribution in [0.4, 0.5) is 0 Å². The molecule has 0 heterocycles. The van der Waals surface area contributed by atoms with Crippen LogP contribution in [-0.2, 0) is 0 Å². The van der Waals surface area contributed by atoms with Gasteiger partial charge in [0.25, 0.3) is 5.91 Å². The average molecular weight is 225 g/mol. The highest BCUT2D eigenvalue weighted by atomic mass is 16.2. The second-order valence-corrected chi connectivity index (χ2v) is 4.14. The summed E-state index contributed by atoms with van der Waals surface area (Å²) in [4.78, 5) is 13.3. The van der Waals surface area contributed by atoms with Gasteiger partial charge in [-0.2, -0.15) is 0 Å². The van der Waals surface area contributed by atoms with Crippen molar-refractivity contribution in [2.75, 3.05) is 14.1 Å². The summed E-state index contributed by atoms with van der Waals surface area (Å²) < 4.78 is 0. The second kappa shape index (κ2) is 4.83. The summed E-state index contributed by atoms with van der Waals surface area (Å²) >= 11 is 0. The quantitative estimate of drug-likeness (QED) is 0.769. The lowest BCUT2D eigenvalue weighted by Gasteiger charge is -2.10. The van der Waals surface area contributed by atoms with Gasteiger partial charge in [-0.1, -0.05) is 42.5 Å². The molecule has 2 rings (SSSR count). The normalized spacial score (nSPS) is 10.0. The average Bonchev–Trinajstić information content (AvgIpc) is 2.39. The molecule has 2 aromatic rings. The van der Waals surface area contributed by atoms with Crippen LogP contribution in [0.2, 0.25) is 0 Å². The van der Waals surface area contributed by atoms with E-state index < -0.39 is 0 Å². The zero-order valence-corrected chi connectivity index (χ0v) is 10.1. The largest absolute Gasteiger partial charge is 0.345 e. The minimum atomic E-state index is 0.0320. The molecule has 2 nitrogen and oxygen atoms in total. The van der Waals surface area contributed by atoms with Gasteiger partial charge in [0.1, 0.15) is 0 Å². The number of amides is 1. The third-order valence-corrected chi connectivity index (χ3v) is 2.65. The van der Waals surface area contributed by atoms with Gasteiger partial charge in [0, 0.05) is 19.7 Å². The van der Waals surface area contributed by atoms with E-state index in [2.05, 4.69) is 12.1 Å². The highest BCUT2D eigenvalue weighted by molar-refractivity contribution is 5.94. The van der Waals surface area contributed by atoms with E-state index in [0.717, 1.165) is 16.7 Å². The van der Waals surface area contributed by atoms with Crippen molar-refractivity contribution in [2.45, 2.75) is 0 Å². The number of benzene rings is 2. The first-order chi connectivity index (χ1) is 8.18. The molecule has 0 spiro atoms. The van der Waals surface area contributed by atoms with Crippen LogP contribution >= 0.6 is 0 Å². The molecule has 0 aliphatic heterocycles. The van der Waals surface area contributed by atoms with Crippen molar-refractivity contribution in [1.29, 1.82) is 0 Å². The number of carbonyl (C=O) groups excluding carboxylic acids is 1. The van der Waals surface area contributed by atoms with Crippen molar-refractivity contribution in [1.82, 2.24) is 4.90 Å². The van der Waals surface area contributed by atoms with E-state index in [4.69, 9.17) is 0 Å². The van der Waals surface area contributed by atoms with Crippen molar-refractivity contribution in [3.63, 3.8) is 0 Å². The molecule has 0 N–H and O–H groups in total. The Morgan fingerprint density at radius 3 is 1.88 bits per heavy atom. The highest BCUT2D eigenvalue weighted by Crippen LogP contribution is 2.19. The SMILES string of the molecule is CN(C)C(=O)c1ccc(-c2ccccc2)cc1. The maximum Gasteiger partial charge on any atom is 0.253 e. The monoisotopic (exact) mass is 225 g/mol. The van der Waals surface area contributed by atoms with Crippen molar-refractivity contribution >= 4 is 5.91 Å². The van der Waals surface area contributed by atoms with Crippen LogP contribution in [0.25, 0.3) is 11.1 Å². The number of nitrogens with zero attached hydrogens (tertiary/aromatic N) is 1. The molecule has 17 heavy (non-hydrogen) atoms. The van der Waals surface area contributed by atoms with E-state index in [1.54, 1.807) is 19.0 Å². The van der Waals surface area contributed by atoms with E-state index in [-0.39, 0.29) is 5.91 Å². The highest BCUT2D eigenvalue weighted by Gasteiger charge is 2.07. The van der Waals surface area contributed by atoms with Crippen molar-refractivity contribution in [2.24, 2.45) is 0 Å². The van der Waals surface area contributed by atoms with Crippen LogP contribution in [0.5, 0.6) is 0 Å². The molecule has 0 fully saturated rings. The molecule has 0 radical (unpaired) electrons. The Hall–Kier alpha value is -2.09. The fraction of sp³-hybridized carbons (Fsp3) is 0.133. The van der Waals surface area contributed by atoms with Gasteiger partial charge in [0.2, 0.25) is 0 Å². The molecule has 0 aliphatic carbocycles. The third kappa shape index (κ3) is 2.53. The lowest BCUT2D eigenvalue weighted by atomic mass is 10.0. The summed E-state index contributed by atoms with van der Waals surface area (Å²) in [6.07, 6.45) is 0. The fourth-order valence-electron chi connectivity index (χ4n) is 1.69. The first-order valence-electron chi connectivity index (χ1n) is 5.55. The van der Waals surface area contributed by atoms with Crippen LogP contribution in [0, 0.1) is 0 Å². The zero-order chi connectivity index (χ0) is 12.3. The Morgan fingerprint density at radius 2 is 1.35 bits per heavy atom. The number of hydrogen-bond acceptors (Lipinski definition) is 1. The van der Waals surface area contributed by atoms with Gasteiger partial charge >= 0.3 is 0 Å². The Balaban J connectivity index is 2.28. The number of carbonyl (C=O) groups is 1. The minimum Gasteiger partial charge on any atom is -0.345 e. The van der Waals surface area contributed by atoms with Crippen LogP contribution in [0.15, 0.2) is 54.6 Å². The molecule has 2 heteroatoms. The van der Waals surface area contributed by atoms with Gasteiger partial charge < -0.3 is 4.90 Å². The fourth-order valence-corrected chi connectivity index (χ4v) is 1.69. The molecular weight excluding hydrogens is 210 g/mol. The molecule has 0 aromatic heterocycles. The molecule has 0 atom stereocenters. The van der Waals surface area contributed by atoms with Crippen LogP contribution in [-0.4, -0.2) is 24.9 Å². The molecule has 2 aromatic carbocycles. The predicted molar refractivity (Wildman–Crippen MR) is 69.9 cm³/mol. The van der Waals surface area contributed by atoms with E-state index >= 15 is 0 Å². The van der Waals surface area contributed by atoms with Gasteiger partial charge in [-0.15, -0.1) is 0 Å². The van der Waals surface area contributed by atoms with E-state index in [0.29, 0.717) is 0 Å². The minimum absolute atomic E-state index is 0.0320.